The molecule has 1 aromatic carbocycles. The van der Waals surface area contributed by atoms with Crippen LogP contribution in [-0.4, -0.2) is 22.6 Å². The summed E-state index contributed by atoms with van der Waals surface area (Å²) in [5, 5.41) is 13.5. The third-order valence-electron chi connectivity index (χ3n) is 4.07. The van der Waals surface area contributed by atoms with Crippen LogP contribution in [0.25, 0.3) is 10.9 Å². The fourth-order valence-electron chi connectivity index (χ4n) is 2.06. The van der Waals surface area contributed by atoms with Crippen molar-refractivity contribution in [1.29, 1.82) is 0 Å². The molecule has 2 N–H and O–H groups in total. The van der Waals surface area contributed by atoms with Crippen LogP contribution >= 0.6 is 0 Å². The molecule has 112 valence electrons. The third-order valence-corrected chi connectivity index (χ3v) is 4.07. The monoisotopic (exact) mass is 286 g/mol. The van der Waals surface area contributed by atoms with Crippen molar-refractivity contribution in [2.24, 2.45) is 11.3 Å². The minimum absolute atomic E-state index is 0.166. The number of anilines is 1. The molecule has 4 heteroatoms. The van der Waals surface area contributed by atoms with Crippen LogP contribution in [-0.2, 0) is 0 Å². The van der Waals surface area contributed by atoms with E-state index in [4.69, 9.17) is 0 Å². The van der Waals surface area contributed by atoms with Crippen molar-refractivity contribution in [3.8, 4) is 0 Å². The van der Waals surface area contributed by atoms with Gasteiger partial charge >= 0.3 is 5.97 Å². The Balaban J connectivity index is 2.40. The summed E-state index contributed by atoms with van der Waals surface area (Å²) in [5.41, 5.74) is 1.84. The second-order valence-corrected chi connectivity index (χ2v) is 6.52. The molecule has 0 spiro atoms. The number of hydrogen-bond donors (Lipinski definition) is 2. The first-order chi connectivity index (χ1) is 9.80. The highest BCUT2D eigenvalue weighted by atomic mass is 16.4. The summed E-state index contributed by atoms with van der Waals surface area (Å²) in [6.07, 6.45) is 1.43. The minimum Gasteiger partial charge on any atom is -0.478 e. The van der Waals surface area contributed by atoms with Crippen LogP contribution in [0.4, 0.5) is 5.69 Å². The largest absolute Gasteiger partial charge is 0.478 e. The van der Waals surface area contributed by atoms with Crippen molar-refractivity contribution < 1.29 is 9.90 Å². The summed E-state index contributed by atoms with van der Waals surface area (Å²) in [4.78, 5) is 15.6. The molecule has 0 fully saturated rings. The number of fused-ring (bicyclic) bond motifs is 1. The molecule has 2 rings (SSSR count). The summed E-state index contributed by atoms with van der Waals surface area (Å²) in [5.74, 6) is -0.551. The van der Waals surface area contributed by atoms with Gasteiger partial charge in [-0.05, 0) is 17.4 Å². The van der Waals surface area contributed by atoms with Crippen LogP contribution in [0.15, 0.2) is 30.5 Å². The van der Waals surface area contributed by atoms with Crippen molar-refractivity contribution in [1.82, 2.24) is 4.98 Å². The lowest BCUT2D eigenvalue weighted by molar-refractivity contribution is 0.0697. The van der Waals surface area contributed by atoms with E-state index < -0.39 is 5.97 Å². The summed E-state index contributed by atoms with van der Waals surface area (Å²) in [7, 11) is 0. The van der Waals surface area contributed by atoms with E-state index in [9.17, 15) is 9.90 Å². The van der Waals surface area contributed by atoms with E-state index in [2.05, 4.69) is 38.0 Å². The van der Waals surface area contributed by atoms with Crippen LogP contribution in [0.1, 0.15) is 38.1 Å². The molecule has 0 aliphatic heterocycles. The second-order valence-electron chi connectivity index (χ2n) is 6.52. The maximum absolute atomic E-state index is 11.4. The van der Waals surface area contributed by atoms with Gasteiger partial charge in [-0.2, -0.15) is 0 Å². The van der Waals surface area contributed by atoms with Crippen LogP contribution in [0.3, 0.4) is 0 Å². The average molecular weight is 286 g/mol. The van der Waals surface area contributed by atoms with Crippen LogP contribution in [0, 0.1) is 11.3 Å². The summed E-state index contributed by atoms with van der Waals surface area (Å²) in [6.45, 7) is 9.43. The topological polar surface area (TPSA) is 62.2 Å². The van der Waals surface area contributed by atoms with Gasteiger partial charge < -0.3 is 10.4 Å². The van der Waals surface area contributed by atoms with Gasteiger partial charge in [-0.25, -0.2) is 4.79 Å². The molecule has 1 unspecified atom stereocenters. The summed E-state index contributed by atoms with van der Waals surface area (Å²) in [6, 6.07) is 7.59. The minimum atomic E-state index is -0.959. The van der Waals surface area contributed by atoms with Gasteiger partial charge in [0.15, 0.2) is 0 Å². The van der Waals surface area contributed by atoms with E-state index in [1.165, 1.54) is 6.20 Å². The number of carbonyl (C=O) groups is 1. The van der Waals surface area contributed by atoms with Crippen LogP contribution in [0.2, 0.25) is 0 Å². The number of para-hydroxylation sites is 1. The number of pyridine rings is 1. The number of rotatable bonds is 4. The maximum atomic E-state index is 11.4. The fraction of sp³-hybridized carbons (Fsp3) is 0.412. The Morgan fingerprint density at radius 2 is 2.00 bits per heavy atom. The predicted octanol–water partition coefficient (Wildman–Crippen LogP) is 4.03. The first kappa shape index (κ1) is 15.3. The van der Waals surface area contributed by atoms with Crippen molar-refractivity contribution in [2.45, 2.75) is 27.7 Å². The quantitative estimate of drug-likeness (QED) is 0.891. The molecule has 2 aromatic rings. The number of aromatic nitrogens is 1. The molecule has 0 amide bonds. The third kappa shape index (κ3) is 3.32. The molecule has 0 bridgehead atoms. The van der Waals surface area contributed by atoms with E-state index in [0.29, 0.717) is 11.6 Å². The number of nitrogens with zero attached hydrogens (tertiary/aromatic N) is 1. The van der Waals surface area contributed by atoms with Gasteiger partial charge in [0.2, 0.25) is 0 Å². The van der Waals surface area contributed by atoms with Gasteiger partial charge in [0, 0.05) is 18.1 Å². The first-order valence-electron chi connectivity index (χ1n) is 7.15. The Hall–Kier alpha value is -2.10. The van der Waals surface area contributed by atoms with E-state index in [0.717, 1.165) is 17.4 Å². The highest BCUT2D eigenvalue weighted by Gasteiger charge is 2.21. The maximum Gasteiger partial charge on any atom is 0.339 e. The highest BCUT2D eigenvalue weighted by molar-refractivity contribution is 6.04. The Morgan fingerprint density at radius 3 is 2.62 bits per heavy atom. The molecule has 4 nitrogen and oxygen atoms in total. The standard InChI is InChI=1S/C17H22N2O2/c1-11(17(2,3)4)9-19-15-12-7-5-6-8-14(12)18-10-13(15)16(20)21/h5-8,10-11H,9H2,1-4H3,(H,18,19)(H,20,21). The van der Waals surface area contributed by atoms with E-state index >= 15 is 0 Å². The van der Waals surface area contributed by atoms with Gasteiger partial charge in [-0.15, -0.1) is 0 Å². The van der Waals surface area contributed by atoms with Crippen molar-refractivity contribution in [2.75, 3.05) is 11.9 Å². The lowest BCUT2D eigenvalue weighted by Gasteiger charge is -2.28. The van der Waals surface area contributed by atoms with Crippen molar-refractivity contribution in [3.05, 3.63) is 36.0 Å². The smallest absolute Gasteiger partial charge is 0.339 e. The molecule has 0 saturated carbocycles. The van der Waals surface area contributed by atoms with Gasteiger partial charge in [0.25, 0.3) is 0 Å². The SMILES string of the molecule is CC(CNc1c(C(=O)O)cnc2ccccc12)C(C)(C)C. The molecule has 1 aromatic heterocycles. The zero-order valence-corrected chi connectivity index (χ0v) is 13.0. The fourth-order valence-corrected chi connectivity index (χ4v) is 2.06. The van der Waals surface area contributed by atoms with Gasteiger partial charge in [0.05, 0.1) is 11.2 Å². The molecule has 0 radical (unpaired) electrons. The van der Waals surface area contributed by atoms with Crippen LogP contribution < -0.4 is 5.32 Å². The lowest BCUT2D eigenvalue weighted by atomic mass is 9.82. The van der Waals surface area contributed by atoms with E-state index in [1.54, 1.807) is 0 Å². The summed E-state index contributed by atoms with van der Waals surface area (Å²) < 4.78 is 0. The molecule has 0 aliphatic carbocycles. The molecule has 0 aliphatic rings. The Labute approximate surface area is 125 Å². The number of nitrogens with one attached hydrogen (secondary N) is 1. The number of benzene rings is 1. The number of carboxylic acids is 1. The van der Waals surface area contributed by atoms with Crippen molar-refractivity contribution in [3.63, 3.8) is 0 Å². The number of hydrogen-bond acceptors (Lipinski definition) is 3. The first-order valence-corrected chi connectivity index (χ1v) is 7.15. The highest BCUT2D eigenvalue weighted by Crippen LogP contribution is 2.29. The van der Waals surface area contributed by atoms with E-state index in [-0.39, 0.29) is 11.0 Å². The Bertz CT molecular complexity index is 659. The molecular weight excluding hydrogens is 264 g/mol. The number of carboxylic acid groups (broad SMARTS) is 1. The van der Waals surface area contributed by atoms with Gasteiger partial charge in [0.1, 0.15) is 5.56 Å². The Morgan fingerprint density at radius 1 is 1.33 bits per heavy atom. The molecule has 1 atom stereocenters. The van der Waals surface area contributed by atoms with E-state index in [1.807, 2.05) is 24.3 Å². The van der Waals surface area contributed by atoms with Gasteiger partial charge in [-0.1, -0.05) is 45.9 Å². The lowest BCUT2D eigenvalue weighted by Crippen LogP contribution is -2.25. The second kappa shape index (κ2) is 5.72. The molecule has 0 saturated heterocycles. The molecular formula is C17H22N2O2. The van der Waals surface area contributed by atoms with Gasteiger partial charge in [-0.3, -0.25) is 4.98 Å². The zero-order chi connectivity index (χ0) is 15.6. The molecule has 21 heavy (non-hydrogen) atoms. The van der Waals surface area contributed by atoms with Crippen LogP contribution in [0.5, 0.6) is 0 Å². The van der Waals surface area contributed by atoms with Crippen molar-refractivity contribution >= 4 is 22.6 Å². The Kier molecular flexibility index (Phi) is 4.16. The zero-order valence-electron chi connectivity index (χ0n) is 13.0. The summed E-state index contributed by atoms with van der Waals surface area (Å²) >= 11 is 0. The molecule has 1 heterocycles. The number of aromatic carboxylic acids is 1. The normalized spacial score (nSPS) is 13.1. The average Bonchev–Trinajstić information content (AvgIpc) is 2.42. The predicted molar refractivity (Wildman–Crippen MR) is 85.8 cm³/mol.